The highest BCUT2D eigenvalue weighted by atomic mass is 16.6. The van der Waals surface area contributed by atoms with E-state index in [1.807, 2.05) is 30.3 Å². The quantitative estimate of drug-likeness (QED) is 0.820. The van der Waals surface area contributed by atoms with Crippen LogP contribution in [-0.2, 0) is 11.2 Å². The van der Waals surface area contributed by atoms with Crippen LogP contribution in [0.15, 0.2) is 30.3 Å². The van der Waals surface area contributed by atoms with Gasteiger partial charge in [-0.25, -0.2) is 4.79 Å². The van der Waals surface area contributed by atoms with Crippen LogP contribution in [0.2, 0.25) is 0 Å². The molecule has 0 saturated carbocycles. The van der Waals surface area contributed by atoms with Crippen LogP contribution in [-0.4, -0.2) is 30.0 Å². The van der Waals surface area contributed by atoms with Crippen molar-refractivity contribution in [3.8, 4) is 0 Å². The van der Waals surface area contributed by atoms with E-state index in [0.717, 1.165) is 5.56 Å². The molecule has 17 heavy (non-hydrogen) atoms. The fraction of sp³-hybridized carbons (Fsp3) is 0.462. The molecule has 0 unspecified atom stereocenters. The monoisotopic (exact) mass is 237 g/mol. The first-order valence-corrected chi connectivity index (χ1v) is 5.73. The lowest BCUT2D eigenvalue weighted by Crippen LogP contribution is -2.40. The van der Waals surface area contributed by atoms with Crippen LogP contribution in [0.3, 0.4) is 0 Å². The van der Waals surface area contributed by atoms with Crippen LogP contribution in [0.5, 0.6) is 0 Å². The maximum absolute atomic E-state index is 11.4. The van der Waals surface area contributed by atoms with Crippen molar-refractivity contribution in [3.05, 3.63) is 35.9 Å². The Morgan fingerprint density at radius 2 is 2.00 bits per heavy atom. The van der Waals surface area contributed by atoms with Crippen molar-refractivity contribution in [1.29, 1.82) is 0 Å². The highest BCUT2D eigenvalue weighted by Gasteiger charge is 2.13. The van der Waals surface area contributed by atoms with Gasteiger partial charge in [0.1, 0.15) is 0 Å². The molecule has 0 bridgehead atoms. The Bertz CT molecular complexity index is 338. The molecule has 0 spiro atoms. The minimum Gasteiger partial charge on any atom is -0.447 e. The number of amides is 1. The van der Waals surface area contributed by atoms with E-state index < -0.39 is 6.09 Å². The molecule has 1 aromatic rings. The second kappa shape index (κ2) is 6.91. The highest BCUT2D eigenvalue weighted by molar-refractivity contribution is 5.67. The molecule has 0 saturated heterocycles. The third-order valence-corrected chi connectivity index (χ3v) is 2.21. The summed E-state index contributed by atoms with van der Waals surface area (Å²) in [5, 5.41) is 11.8. The minimum absolute atomic E-state index is 0.109. The summed E-state index contributed by atoms with van der Waals surface area (Å²) in [4.78, 5) is 11.4. The molecule has 0 heterocycles. The molecule has 0 aromatic heterocycles. The molecule has 0 aliphatic carbocycles. The van der Waals surface area contributed by atoms with Crippen molar-refractivity contribution in [3.63, 3.8) is 0 Å². The number of carbonyl (C=O) groups excluding carboxylic acids is 1. The molecule has 0 fully saturated rings. The first kappa shape index (κ1) is 13.5. The number of aliphatic hydroxyl groups is 1. The minimum atomic E-state index is -0.491. The van der Waals surface area contributed by atoms with E-state index in [4.69, 9.17) is 4.74 Å². The van der Waals surface area contributed by atoms with E-state index in [-0.39, 0.29) is 18.8 Å². The molecule has 1 aromatic carbocycles. The zero-order valence-electron chi connectivity index (χ0n) is 10.2. The van der Waals surface area contributed by atoms with Crippen LogP contribution >= 0.6 is 0 Å². The smallest absolute Gasteiger partial charge is 0.407 e. The van der Waals surface area contributed by atoms with Crippen molar-refractivity contribution < 1.29 is 14.6 Å². The van der Waals surface area contributed by atoms with Gasteiger partial charge in [0.2, 0.25) is 0 Å². The Kier molecular flexibility index (Phi) is 5.49. The van der Waals surface area contributed by atoms with Gasteiger partial charge in [-0.3, -0.25) is 0 Å². The van der Waals surface area contributed by atoms with Crippen molar-refractivity contribution in [1.82, 2.24) is 5.32 Å². The molecular weight excluding hydrogens is 218 g/mol. The normalized spacial score (nSPS) is 12.2. The molecule has 1 amide bonds. The summed E-state index contributed by atoms with van der Waals surface area (Å²) in [6, 6.07) is 9.38. The van der Waals surface area contributed by atoms with E-state index in [1.54, 1.807) is 13.8 Å². The lowest BCUT2D eigenvalue weighted by atomic mass is 10.1. The summed E-state index contributed by atoms with van der Waals surface area (Å²) in [6.45, 7) is 3.46. The maximum atomic E-state index is 11.4. The summed E-state index contributed by atoms with van der Waals surface area (Å²) in [5.41, 5.74) is 1.07. The third kappa shape index (κ3) is 5.36. The van der Waals surface area contributed by atoms with Gasteiger partial charge < -0.3 is 15.2 Å². The van der Waals surface area contributed by atoms with Gasteiger partial charge in [0.05, 0.1) is 18.8 Å². The maximum Gasteiger partial charge on any atom is 0.407 e. The third-order valence-electron chi connectivity index (χ3n) is 2.21. The van der Waals surface area contributed by atoms with E-state index in [0.29, 0.717) is 6.42 Å². The predicted molar refractivity (Wildman–Crippen MR) is 65.8 cm³/mol. The SMILES string of the molecule is CC(C)OC(=O)N[C@H](CO)Cc1ccccc1. The molecule has 4 heteroatoms. The fourth-order valence-electron chi connectivity index (χ4n) is 1.47. The van der Waals surface area contributed by atoms with Crippen LogP contribution in [0.25, 0.3) is 0 Å². The Balaban J connectivity index is 2.46. The van der Waals surface area contributed by atoms with Crippen molar-refractivity contribution >= 4 is 6.09 Å². The van der Waals surface area contributed by atoms with E-state index in [2.05, 4.69) is 5.32 Å². The van der Waals surface area contributed by atoms with Gasteiger partial charge in [-0.15, -0.1) is 0 Å². The van der Waals surface area contributed by atoms with Gasteiger partial charge in [-0.05, 0) is 25.8 Å². The molecule has 0 aliphatic rings. The summed E-state index contributed by atoms with van der Waals surface area (Å²) < 4.78 is 4.96. The number of benzene rings is 1. The number of rotatable bonds is 5. The number of alkyl carbamates (subject to hydrolysis) is 1. The van der Waals surface area contributed by atoms with Crippen molar-refractivity contribution in [2.45, 2.75) is 32.4 Å². The van der Waals surface area contributed by atoms with Gasteiger partial charge in [0.15, 0.2) is 0 Å². The number of hydrogen-bond donors (Lipinski definition) is 2. The lowest BCUT2D eigenvalue weighted by molar-refractivity contribution is 0.107. The molecule has 94 valence electrons. The van der Waals surface area contributed by atoms with E-state index in [9.17, 15) is 9.90 Å². The second-order valence-corrected chi connectivity index (χ2v) is 4.17. The van der Waals surface area contributed by atoms with Gasteiger partial charge in [0, 0.05) is 0 Å². The van der Waals surface area contributed by atoms with Crippen molar-refractivity contribution in [2.75, 3.05) is 6.61 Å². The van der Waals surface area contributed by atoms with Gasteiger partial charge in [-0.1, -0.05) is 30.3 Å². The summed E-state index contributed by atoms with van der Waals surface area (Å²) in [7, 11) is 0. The summed E-state index contributed by atoms with van der Waals surface area (Å²) >= 11 is 0. The average Bonchev–Trinajstić information content (AvgIpc) is 2.28. The molecule has 0 aliphatic heterocycles. The predicted octanol–water partition coefficient (Wildman–Crippen LogP) is 1.72. The van der Waals surface area contributed by atoms with E-state index >= 15 is 0 Å². The highest BCUT2D eigenvalue weighted by Crippen LogP contribution is 2.03. The summed E-state index contributed by atoms with van der Waals surface area (Å²) in [6.07, 6.45) is -0.0640. The Morgan fingerprint density at radius 1 is 1.35 bits per heavy atom. The summed E-state index contributed by atoms with van der Waals surface area (Å²) in [5.74, 6) is 0. The number of ether oxygens (including phenoxy) is 1. The number of carbonyl (C=O) groups is 1. The Hall–Kier alpha value is -1.55. The second-order valence-electron chi connectivity index (χ2n) is 4.17. The molecular formula is C13H19NO3. The number of hydrogen-bond acceptors (Lipinski definition) is 3. The zero-order valence-corrected chi connectivity index (χ0v) is 10.2. The lowest BCUT2D eigenvalue weighted by Gasteiger charge is -2.17. The topological polar surface area (TPSA) is 58.6 Å². The molecule has 2 N–H and O–H groups in total. The Labute approximate surface area is 102 Å². The molecule has 1 rings (SSSR count). The van der Waals surface area contributed by atoms with Crippen LogP contribution in [0.1, 0.15) is 19.4 Å². The van der Waals surface area contributed by atoms with E-state index in [1.165, 1.54) is 0 Å². The van der Waals surface area contributed by atoms with Gasteiger partial charge in [-0.2, -0.15) is 0 Å². The Morgan fingerprint density at radius 3 is 2.53 bits per heavy atom. The first-order chi connectivity index (χ1) is 8.11. The first-order valence-electron chi connectivity index (χ1n) is 5.73. The zero-order chi connectivity index (χ0) is 12.7. The van der Waals surface area contributed by atoms with Gasteiger partial charge >= 0.3 is 6.09 Å². The molecule has 0 radical (unpaired) electrons. The molecule has 1 atom stereocenters. The number of nitrogens with one attached hydrogen (secondary N) is 1. The van der Waals surface area contributed by atoms with Gasteiger partial charge in [0.25, 0.3) is 0 Å². The standard InChI is InChI=1S/C13H19NO3/c1-10(2)17-13(16)14-12(9-15)8-11-6-4-3-5-7-11/h3-7,10,12,15H,8-9H2,1-2H3,(H,14,16)/t12-/m0/s1. The van der Waals surface area contributed by atoms with Crippen LogP contribution in [0, 0.1) is 0 Å². The molecule has 4 nitrogen and oxygen atoms in total. The number of aliphatic hydroxyl groups excluding tert-OH is 1. The fourth-order valence-corrected chi connectivity index (χ4v) is 1.47. The van der Waals surface area contributed by atoms with Crippen molar-refractivity contribution in [2.24, 2.45) is 0 Å². The average molecular weight is 237 g/mol. The largest absolute Gasteiger partial charge is 0.447 e. The van der Waals surface area contributed by atoms with Crippen LogP contribution in [0.4, 0.5) is 4.79 Å². The van der Waals surface area contributed by atoms with Crippen LogP contribution < -0.4 is 5.32 Å².